The molecule has 0 spiro atoms. The zero-order valence-corrected chi connectivity index (χ0v) is 24.0. The quantitative estimate of drug-likeness (QED) is 0.131. The Morgan fingerprint density at radius 1 is 0.514 bits per heavy atom. The SMILES string of the molecule is [Cl][Au].c1ccc(C2=c3c(c4sccc4c4ccsc34)=C(c3ccccc3)[PH+]2c2ccccc2)cc1. The van der Waals surface area contributed by atoms with Crippen LogP contribution in [0.15, 0.2) is 114 Å². The Balaban J connectivity index is 0.00000112. The van der Waals surface area contributed by atoms with Gasteiger partial charge in [-0.2, -0.15) is 0 Å². The van der Waals surface area contributed by atoms with Gasteiger partial charge in [0.05, 0.1) is 0 Å². The van der Waals surface area contributed by atoms with Gasteiger partial charge in [0.25, 0.3) is 0 Å². The Morgan fingerprint density at radius 3 is 1.34 bits per heavy atom. The molecule has 174 valence electrons. The van der Waals surface area contributed by atoms with Crippen molar-refractivity contribution < 1.29 is 20.0 Å². The van der Waals surface area contributed by atoms with Gasteiger partial charge in [0, 0.05) is 41.7 Å². The van der Waals surface area contributed by atoms with E-state index in [1.807, 2.05) is 22.7 Å². The summed E-state index contributed by atoms with van der Waals surface area (Å²) in [6.07, 6.45) is 0. The summed E-state index contributed by atoms with van der Waals surface area (Å²) in [6, 6.07) is 38.0. The first-order chi connectivity index (χ1) is 17.4. The predicted molar refractivity (Wildman–Crippen MR) is 155 cm³/mol. The molecule has 4 aromatic carbocycles. The predicted octanol–water partition coefficient (Wildman–Crippen LogP) is 7.67. The molecule has 0 amide bonds. The first-order valence-electron chi connectivity index (χ1n) is 11.2. The Bertz CT molecular complexity index is 1640. The van der Waals surface area contributed by atoms with Crippen LogP contribution >= 0.6 is 39.8 Å². The number of hydrogen-bond donors (Lipinski definition) is 0. The Hall–Kier alpha value is -2.00. The molecule has 0 radical (unpaired) electrons. The zero-order chi connectivity index (χ0) is 23.8. The van der Waals surface area contributed by atoms with Crippen LogP contribution in [0.1, 0.15) is 11.1 Å². The molecule has 0 fully saturated rings. The smallest absolute Gasteiger partial charge is 0.119 e. The van der Waals surface area contributed by atoms with Crippen molar-refractivity contribution in [2.45, 2.75) is 0 Å². The van der Waals surface area contributed by atoms with Crippen molar-refractivity contribution in [3.05, 3.63) is 135 Å². The van der Waals surface area contributed by atoms with Crippen LogP contribution in [0.25, 0.3) is 30.8 Å². The second-order valence-electron chi connectivity index (χ2n) is 8.30. The largest absolute Gasteiger partial charge is 0.143 e. The summed E-state index contributed by atoms with van der Waals surface area (Å²) in [6.45, 7) is 0. The van der Waals surface area contributed by atoms with E-state index in [-0.39, 0.29) is 0 Å². The molecule has 0 saturated carbocycles. The minimum atomic E-state index is -1.22. The number of benzene rings is 4. The summed E-state index contributed by atoms with van der Waals surface area (Å²) in [4.78, 5) is 0. The maximum Gasteiger partial charge on any atom is 0.119 e. The minimum Gasteiger partial charge on any atom is -0.143 e. The number of rotatable bonds is 3. The fourth-order valence-corrected chi connectivity index (χ4v) is 10.6. The van der Waals surface area contributed by atoms with Gasteiger partial charge in [0.1, 0.15) is 23.9 Å². The minimum absolute atomic E-state index is 1.22. The van der Waals surface area contributed by atoms with Gasteiger partial charge in [-0.15, -0.1) is 22.7 Å². The van der Waals surface area contributed by atoms with Crippen LogP contribution in [-0.4, -0.2) is 0 Å². The third kappa shape index (κ3) is 3.89. The molecule has 0 saturated heterocycles. The van der Waals surface area contributed by atoms with E-state index >= 15 is 0 Å². The molecular weight excluding hydrogens is 688 g/mol. The molecule has 7 rings (SSSR count). The van der Waals surface area contributed by atoms with Crippen LogP contribution in [0.4, 0.5) is 0 Å². The molecule has 0 atom stereocenters. The van der Waals surface area contributed by atoms with Crippen molar-refractivity contribution in [1.29, 1.82) is 0 Å². The van der Waals surface area contributed by atoms with Crippen LogP contribution in [0, 0.1) is 0 Å². The van der Waals surface area contributed by atoms with Gasteiger partial charge in [-0.3, -0.25) is 0 Å². The normalized spacial score (nSPS) is 13.2. The van der Waals surface area contributed by atoms with E-state index in [9.17, 15) is 0 Å². The molecule has 1 aliphatic heterocycles. The number of thiophene rings is 2. The third-order valence-corrected chi connectivity index (χ3v) is 11.4. The molecule has 0 N–H and O–H groups in total. The Morgan fingerprint density at radius 2 is 0.914 bits per heavy atom. The van der Waals surface area contributed by atoms with Gasteiger partial charge in [0.15, 0.2) is 0 Å². The van der Waals surface area contributed by atoms with E-state index in [1.165, 1.54) is 57.7 Å². The summed E-state index contributed by atoms with van der Waals surface area (Å²) in [5.41, 5.74) is 2.71. The van der Waals surface area contributed by atoms with E-state index < -0.39 is 7.92 Å². The topological polar surface area (TPSA) is 0 Å². The number of fused-ring (bicyclic) bond motifs is 6. The molecule has 2 aromatic heterocycles. The molecule has 5 heteroatoms. The average molecular weight is 708 g/mol. The summed E-state index contributed by atoms with van der Waals surface area (Å²) in [5, 5.41) is 14.8. The summed E-state index contributed by atoms with van der Waals surface area (Å²) in [5.74, 6) is 0. The van der Waals surface area contributed by atoms with E-state index in [1.54, 1.807) is 20.0 Å². The molecule has 0 bridgehead atoms. The maximum absolute atomic E-state index is 4.58. The number of halogens is 1. The van der Waals surface area contributed by atoms with Crippen molar-refractivity contribution in [3.63, 3.8) is 0 Å². The molecule has 6 aromatic rings. The van der Waals surface area contributed by atoms with E-state index in [0.717, 1.165) is 0 Å². The second kappa shape index (κ2) is 10.2. The third-order valence-electron chi connectivity index (χ3n) is 6.51. The van der Waals surface area contributed by atoms with Crippen molar-refractivity contribution in [2.75, 3.05) is 0 Å². The summed E-state index contributed by atoms with van der Waals surface area (Å²) >= 11 is 5.53. The molecule has 0 unspecified atom stereocenters. The summed E-state index contributed by atoms with van der Waals surface area (Å²) in [7, 11) is 3.36. The monoisotopic (exact) mass is 707 g/mol. The van der Waals surface area contributed by atoms with Gasteiger partial charge >= 0.3 is 29.2 Å². The maximum atomic E-state index is 4.58. The molecule has 0 aliphatic carbocycles. The Labute approximate surface area is 229 Å². The van der Waals surface area contributed by atoms with Gasteiger partial charge in [-0.1, -0.05) is 78.9 Å². The molecule has 1 aliphatic rings. The standard InChI is InChI=1S/C30H19PS2.Au.ClH/c1-4-10-20(11-5-1)27-25-26(30-24(17-19-33-30)23-16-18-32-29(23)25)28(21-12-6-2-7-13-21)31(27)22-14-8-3-9-15-22;;/h1-19H;;1H/q;+1;. The van der Waals surface area contributed by atoms with Crippen LogP contribution in [0.2, 0.25) is 0 Å². The molecular formula is C30H20AuClPS2+. The van der Waals surface area contributed by atoms with E-state index in [0.29, 0.717) is 0 Å². The van der Waals surface area contributed by atoms with Crippen molar-refractivity contribution in [1.82, 2.24) is 0 Å². The van der Waals surface area contributed by atoms with Gasteiger partial charge in [0.2, 0.25) is 0 Å². The van der Waals surface area contributed by atoms with Crippen LogP contribution in [0.3, 0.4) is 0 Å². The van der Waals surface area contributed by atoms with Gasteiger partial charge in [-0.05, 0) is 35.0 Å². The average Bonchev–Trinajstić information content (AvgIpc) is 3.68. The molecule has 35 heavy (non-hydrogen) atoms. The first-order valence-corrected chi connectivity index (χ1v) is 17.2. The summed E-state index contributed by atoms with van der Waals surface area (Å²) < 4.78 is 2.86. The fourth-order valence-electron chi connectivity index (χ4n) is 5.19. The van der Waals surface area contributed by atoms with Crippen LogP contribution < -0.4 is 15.7 Å². The van der Waals surface area contributed by atoms with E-state index in [2.05, 4.69) is 123 Å². The number of hydrogen-bond acceptors (Lipinski definition) is 2. The van der Waals surface area contributed by atoms with Crippen LogP contribution in [-0.2, 0) is 20.0 Å². The fraction of sp³-hybridized carbons (Fsp3) is 0. The second-order valence-corrected chi connectivity index (χ2v) is 12.5. The van der Waals surface area contributed by atoms with Gasteiger partial charge < -0.3 is 0 Å². The first kappa shape index (κ1) is 23.4. The molecule has 0 nitrogen and oxygen atoms in total. The van der Waals surface area contributed by atoms with Crippen molar-refractivity contribution in [2.24, 2.45) is 0 Å². The van der Waals surface area contributed by atoms with Crippen LogP contribution in [0.5, 0.6) is 0 Å². The zero-order valence-electron chi connectivity index (χ0n) is 18.5. The van der Waals surface area contributed by atoms with Crippen molar-refractivity contribution >= 4 is 75.9 Å². The van der Waals surface area contributed by atoms with Gasteiger partial charge in [-0.25, -0.2) is 0 Å². The van der Waals surface area contributed by atoms with Crippen molar-refractivity contribution in [3.8, 4) is 0 Å². The Kier molecular flexibility index (Phi) is 6.80. The molecule has 3 heterocycles. The van der Waals surface area contributed by atoms with E-state index in [4.69, 9.17) is 0 Å².